The molecule has 2 fully saturated rings. The van der Waals surface area contributed by atoms with E-state index in [0.717, 1.165) is 77.0 Å². The van der Waals surface area contributed by atoms with Crippen LogP contribution >= 0.6 is 0 Å². The molecular weight excluding hydrogens is 588 g/mol. The SMILES string of the molecule is O=C1c2ccc(Oc3ccc4c(c3)C(=O)N(C3CCCCCCCCCCC3)C4=O)cc2C(=O)N1C1CCCCCCCCCCC1. The fraction of sp³-hybridized carbons (Fsp3) is 0.600. The van der Waals surface area contributed by atoms with Gasteiger partial charge in [0.05, 0.1) is 22.3 Å². The minimum absolute atomic E-state index is 0.0741. The summed E-state index contributed by atoms with van der Waals surface area (Å²) < 4.78 is 6.18. The molecule has 0 bridgehead atoms. The van der Waals surface area contributed by atoms with Crippen molar-refractivity contribution in [2.45, 2.75) is 153 Å². The Hall–Kier alpha value is -3.48. The van der Waals surface area contributed by atoms with Gasteiger partial charge in [-0.25, -0.2) is 0 Å². The second kappa shape index (κ2) is 16.1. The zero-order valence-electron chi connectivity index (χ0n) is 28.1. The second-order valence-corrected chi connectivity index (χ2v) is 14.3. The fourth-order valence-electron chi connectivity index (χ4n) is 8.20. The van der Waals surface area contributed by atoms with Gasteiger partial charge in [-0.3, -0.25) is 29.0 Å². The van der Waals surface area contributed by atoms with Gasteiger partial charge in [-0.1, -0.05) is 116 Å². The van der Waals surface area contributed by atoms with Gasteiger partial charge in [0.15, 0.2) is 0 Å². The lowest BCUT2D eigenvalue weighted by Gasteiger charge is -2.26. The molecule has 7 heteroatoms. The fourth-order valence-corrected chi connectivity index (χ4v) is 8.20. The van der Waals surface area contributed by atoms with E-state index in [1.165, 1.54) is 74.0 Å². The highest BCUT2D eigenvalue weighted by atomic mass is 16.5. The van der Waals surface area contributed by atoms with Crippen LogP contribution in [0.3, 0.4) is 0 Å². The van der Waals surface area contributed by atoms with Crippen LogP contribution in [0.2, 0.25) is 0 Å². The van der Waals surface area contributed by atoms with Gasteiger partial charge >= 0.3 is 0 Å². The number of carbonyl (C=O) groups is 4. The van der Waals surface area contributed by atoms with Crippen molar-refractivity contribution in [2.75, 3.05) is 0 Å². The van der Waals surface area contributed by atoms with Gasteiger partial charge in [0.2, 0.25) is 0 Å². The van der Waals surface area contributed by atoms with E-state index in [2.05, 4.69) is 0 Å². The van der Waals surface area contributed by atoms with Gasteiger partial charge in [0, 0.05) is 12.1 Å². The third kappa shape index (κ3) is 7.81. The van der Waals surface area contributed by atoms with Crippen LogP contribution in [0.15, 0.2) is 36.4 Å². The highest BCUT2D eigenvalue weighted by Gasteiger charge is 2.41. The maximum absolute atomic E-state index is 13.7. The Kier molecular flexibility index (Phi) is 11.4. The third-order valence-electron chi connectivity index (χ3n) is 10.9. The first-order chi connectivity index (χ1) is 23.0. The summed E-state index contributed by atoms with van der Waals surface area (Å²) >= 11 is 0. The molecule has 0 unspecified atom stereocenters. The molecule has 4 aliphatic rings. The van der Waals surface area contributed by atoms with E-state index in [4.69, 9.17) is 4.74 Å². The van der Waals surface area contributed by atoms with E-state index in [9.17, 15) is 19.2 Å². The zero-order chi connectivity index (χ0) is 32.6. The lowest BCUT2D eigenvalue weighted by Crippen LogP contribution is -2.40. The molecule has 0 N–H and O–H groups in total. The Balaban J connectivity index is 1.14. The molecule has 47 heavy (non-hydrogen) atoms. The highest BCUT2D eigenvalue weighted by Crippen LogP contribution is 2.36. The van der Waals surface area contributed by atoms with Crippen LogP contribution in [0.5, 0.6) is 11.5 Å². The Labute approximate surface area is 280 Å². The van der Waals surface area contributed by atoms with Crippen molar-refractivity contribution in [3.05, 3.63) is 58.7 Å². The number of hydrogen-bond donors (Lipinski definition) is 0. The molecule has 2 aliphatic carbocycles. The maximum atomic E-state index is 13.7. The number of amides is 4. The summed E-state index contributed by atoms with van der Waals surface area (Å²) in [6.07, 6.45) is 24.7. The van der Waals surface area contributed by atoms with Crippen LogP contribution < -0.4 is 4.74 Å². The zero-order valence-corrected chi connectivity index (χ0v) is 28.1. The molecule has 6 rings (SSSR count). The molecule has 2 aromatic rings. The first kappa shape index (κ1) is 33.4. The summed E-state index contributed by atoms with van der Waals surface area (Å²) in [5, 5.41) is 0. The van der Waals surface area contributed by atoms with Gasteiger partial charge in [-0.2, -0.15) is 0 Å². The van der Waals surface area contributed by atoms with Gasteiger partial charge in [0.1, 0.15) is 11.5 Å². The number of hydrogen-bond acceptors (Lipinski definition) is 5. The molecule has 0 saturated heterocycles. The van der Waals surface area contributed by atoms with Gasteiger partial charge < -0.3 is 4.74 Å². The normalized spacial score (nSPS) is 21.8. The molecule has 4 amide bonds. The van der Waals surface area contributed by atoms with Gasteiger partial charge in [0.25, 0.3) is 23.6 Å². The molecule has 0 radical (unpaired) electrons. The van der Waals surface area contributed by atoms with E-state index in [1.54, 1.807) is 36.4 Å². The van der Waals surface area contributed by atoms with Crippen molar-refractivity contribution in [3.63, 3.8) is 0 Å². The lowest BCUT2D eigenvalue weighted by atomic mass is 9.97. The van der Waals surface area contributed by atoms with E-state index >= 15 is 0 Å². The summed E-state index contributed by atoms with van der Waals surface area (Å²) in [6, 6.07) is 9.97. The van der Waals surface area contributed by atoms with Gasteiger partial charge in [-0.15, -0.1) is 0 Å². The van der Waals surface area contributed by atoms with Crippen LogP contribution in [0.4, 0.5) is 0 Å². The monoisotopic (exact) mass is 640 g/mol. The largest absolute Gasteiger partial charge is 0.457 e. The molecule has 2 saturated carbocycles. The van der Waals surface area contributed by atoms with Crippen molar-refractivity contribution in [3.8, 4) is 11.5 Å². The van der Waals surface area contributed by atoms with Crippen LogP contribution in [0, 0.1) is 0 Å². The van der Waals surface area contributed by atoms with E-state index < -0.39 is 0 Å². The van der Waals surface area contributed by atoms with Crippen molar-refractivity contribution >= 4 is 23.6 Å². The standard InChI is InChI=1S/C40H52N2O5/c43-37-33-25-23-31(27-35(33)39(45)41(37)29-19-15-11-7-3-1-4-8-12-16-20-29)47-32-24-26-34-36(28-32)40(46)42(38(34)44)30-21-17-13-9-5-2-6-10-14-18-22-30/h23-30H,1-22H2. The Morgan fingerprint density at radius 3 is 0.979 bits per heavy atom. The minimum atomic E-state index is -0.241. The average Bonchev–Trinajstić information content (AvgIpc) is 3.45. The van der Waals surface area contributed by atoms with Crippen molar-refractivity contribution in [1.82, 2.24) is 9.80 Å². The number of imide groups is 2. The first-order valence-corrected chi connectivity index (χ1v) is 18.7. The minimum Gasteiger partial charge on any atom is -0.457 e. The molecule has 2 aliphatic heterocycles. The van der Waals surface area contributed by atoms with Crippen LogP contribution in [-0.4, -0.2) is 45.5 Å². The van der Waals surface area contributed by atoms with E-state index in [0.29, 0.717) is 33.8 Å². The molecule has 0 aromatic heterocycles. The quantitative estimate of drug-likeness (QED) is 0.311. The average molecular weight is 641 g/mol. The molecule has 7 nitrogen and oxygen atoms in total. The summed E-state index contributed by atoms with van der Waals surface area (Å²) in [7, 11) is 0. The molecular formula is C40H52N2O5. The molecule has 2 aromatic carbocycles. The number of carbonyl (C=O) groups excluding carboxylic acids is 4. The van der Waals surface area contributed by atoms with E-state index in [-0.39, 0.29) is 35.7 Å². The first-order valence-electron chi connectivity index (χ1n) is 18.7. The Bertz CT molecular complexity index is 1320. The summed E-state index contributed by atoms with van der Waals surface area (Å²) in [5.41, 5.74) is 1.60. The lowest BCUT2D eigenvalue weighted by molar-refractivity contribution is 0.0547. The predicted molar refractivity (Wildman–Crippen MR) is 183 cm³/mol. The number of benzene rings is 2. The summed E-state index contributed by atoms with van der Waals surface area (Å²) in [5.74, 6) is -0.0363. The topological polar surface area (TPSA) is 84.0 Å². The number of rotatable bonds is 4. The molecule has 252 valence electrons. The predicted octanol–water partition coefficient (Wildman–Crippen LogP) is 10.0. The third-order valence-corrected chi connectivity index (χ3v) is 10.9. The molecule has 2 heterocycles. The van der Waals surface area contributed by atoms with Crippen molar-refractivity contribution < 1.29 is 23.9 Å². The molecule has 0 atom stereocenters. The van der Waals surface area contributed by atoms with Crippen LogP contribution in [0.1, 0.15) is 183 Å². The summed E-state index contributed by atoms with van der Waals surface area (Å²) in [4.78, 5) is 57.4. The van der Waals surface area contributed by atoms with Crippen molar-refractivity contribution in [1.29, 1.82) is 0 Å². The highest BCUT2D eigenvalue weighted by molar-refractivity contribution is 6.22. The summed E-state index contributed by atoms with van der Waals surface area (Å²) in [6.45, 7) is 0. The van der Waals surface area contributed by atoms with Crippen LogP contribution in [0.25, 0.3) is 0 Å². The van der Waals surface area contributed by atoms with Crippen LogP contribution in [-0.2, 0) is 0 Å². The number of fused-ring (bicyclic) bond motifs is 2. The smallest absolute Gasteiger partial charge is 0.261 e. The van der Waals surface area contributed by atoms with Gasteiger partial charge in [-0.05, 0) is 62.1 Å². The van der Waals surface area contributed by atoms with E-state index in [1.807, 2.05) is 0 Å². The second-order valence-electron chi connectivity index (χ2n) is 14.3. The Morgan fingerprint density at radius 1 is 0.383 bits per heavy atom. The number of ether oxygens (including phenoxy) is 1. The van der Waals surface area contributed by atoms with Crippen molar-refractivity contribution in [2.24, 2.45) is 0 Å². The maximum Gasteiger partial charge on any atom is 0.261 e. The number of nitrogens with zero attached hydrogens (tertiary/aromatic N) is 2. The Morgan fingerprint density at radius 2 is 0.660 bits per heavy atom. The molecule has 0 spiro atoms.